The number of carbonyl (C=O) groups excluding carboxylic acids is 2. The Labute approximate surface area is 200 Å². The molecule has 0 saturated carbocycles. The Hall–Kier alpha value is -3.14. The molecule has 0 aliphatic rings. The summed E-state index contributed by atoms with van der Waals surface area (Å²) in [5.74, 6) is 1.67. The van der Waals surface area contributed by atoms with Crippen LogP contribution in [0.4, 0.5) is 5.00 Å². The fourth-order valence-corrected chi connectivity index (χ4v) is 4.51. The summed E-state index contributed by atoms with van der Waals surface area (Å²) in [7, 11) is 1.59. The molecule has 0 radical (unpaired) electrons. The average Bonchev–Trinajstić information content (AvgIpc) is 3.30. The normalized spacial score (nSPS) is 10.8. The molecule has 0 spiro atoms. The number of ether oxygens (including phenoxy) is 1. The van der Waals surface area contributed by atoms with Gasteiger partial charge in [0.05, 0.1) is 18.9 Å². The van der Waals surface area contributed by atoms with Gasteiger partial charge in [0.2, 0.25) is 0 Å². The molecule has 2 aromatic carbocycles. The molecule has 0 atom stereocenters. The minimum atomic E-state index is -0.412. The average molecular weight is 484 g/mol. The highest BCUT2D eigenvalue weighted by atomic mass is 32.2. The topological polar surface area (TPSA) is 100 Å². The van der Waals surface area contributed by atoms with Crippen LogP contribution in [-0.4, -0.2) is 42.6 Å². The van der Waals surface area contributed by atoms with Crippen LogP contribution in [0.15, 0.2) is 65.1 Å². The summed E-state index contributed by atoms with van der Waals surface area (Å²) in [6, 6.07) is 16.3. The number of aliphatic hydroxyl groups is 1. The van der Waals surface area contributed by atoms with E-state index in [4.69, 9.17) is 9.84 Å². The van der Waals surface area contributed by atoms with Crippen LogP contribution in [0.5, 0.6) is 5.75 Å². The lowest BCUT2D eigenvalue weighted by atomic mass is 10.1. The van der Waals surface area contributed by atoms with Crippen molar-refractivity contribution in [2.45, 2.75) is 12.2 Å². The molecule has 0 bridgehead atoms. The number of benzene rings is 2. The maximum atomic E-state index is 12.8. The second kappa shape index (κ2) is 12.8. The second-order valence-electron chi connectivity index (χ2n) is 6.92. The molecule has 9 heteroatoms. The fraction of sp³-hybridized carbons (Fsp3) is 0.208. The SMILES string of the molecule is COc1ccc(C=NNC(=O)c2ccsc2NC(=O)c2cccc(CSCCCO)c2)cc1. The summed E-state index contributed by atoms with van der Waals surface area (Å²) in [6.07, 6.45) is 2.28. The molecule has 2 amide bonds. The molecule has 172 valence electrons. The third kappa shape index (κ3) is 7.45. The van der Waals surface area contributed by atoms with Crippen LogP contribution in [0.25, 0.3) is 0 Å². The summed E-state index contributed by atoms with van der Waals surface area (Å²) in [6.45, 7) is 0.180. The molecule has 3 rings (SSSR count). The van der Waals surface area contributed by atoms with E-state index in [1.54, 1.807) is 48.5 Å². The lowest BCUT2D eigenvalue weighted by Gasteiger charge is -2.07. The van der Waals surface area contributed by atoms with Crippen molar-refractivity contribution in [2.24, 2.45) is 5.10 Å². The summed E-state index contributed by atoms with van der Waals surface area (Å²) in [4.78, 5) is 25.3. The molecule has 0 unspecified atom stereocenters. The van der Waals surface area contributed by atoms with Gasteiger partial charge in [-0.25, -0.2) is 5.43 Å². The van der Waals surface area contributed by atoms with Gasteiger partial charge in [-0.2, -0.15) is 16.9 Å². The van der Waals surface area contributed by atoms with Gasteiger partial charge in [-0.05, 0) is 71.1 Å². The first-order valence-electron chi connectivity index (χ1n) is 10.2. The van der Waals surface area contributed by atoms with Crippen LogP contribution in [-0.2, 0) is 5.75 Å². The highest BCUT2D eigenvalue weighted by Gasteiger charge is 2.16. The maximum absolute atomic E-state index is 12.8. The van der Waals surface area contributed by atoms with E-state index in [1.807, 2.05) is 30.3 Å². The van der Waals surface area contributed by atoms with Crippen LogP contribution in [0.3, 0.4) is 0 Å². The third-order valence-corrected chi connectivity index (χ3v) is 6.48. The molecule has 0 fully saturated rings. The highest BCUT2D eigenvalue weighted by Crippen LogP contribution is 2.24. The van der Waals surface area contributed by atoms with Crippen molar-refractivity contribution in [3.8, 4) is 5.75 Å². The predicted octanol–water partition coefficient (Wildman–Crippen LogP) is 4.39. The van der Waals surface area contributed by atoms with Crippen molar-refractivity contribution in [3.63, 3.8) is 0 Å². The number of aliphatic hydroxyl groups excluding tert-OH is 1. The smallest absolute Gasteiger partial charge is 0.274 e. The quantitative estimate of drug-likeness (QED) is 0.213. The van der Waals surface area contributed by atoms with Gasteiger partial charge in [-0.15, -0.1) is 11.3 Å². The van der Waals surface area contributed by atoms with Crippen LogP contribution in [0, 0.1) is 0 Å². The first kappa shape index (κ1) is 24.5. The maximum Gasteiger partial charge on any atom is 0.274 e. The summed E-state index contributed by atoms with van der Waals surface area (Å²) in [5.41, 5.74) is 5.20. The standard InChI is InChI=1S/C24H25N3O4S2/c1-31-20-8-6-17(7-9-20)15-25-27-23(30)21-10-13-33-24(21)26-22(29)19-5-2-4-18(14-19)16-32-12-3-11-28/h2,4-10,13-15,28H,3,11-12,16H2,1H3,(H,26,29)(H,27,30). The Morgan fingerprint density at radius 3 is 2.73 bits per heavy atom. The molecule has 0 aliphatic heterocycles. The zero-order valence-electron chi connectivity index (χ0n) is 18.1. The Morgan fingerprint density at radius 2 is 1.97 bits per heavy atom. The van der Waals surface area contributed by atoms with E-state index < -0.39 is 5.91 Å². The molecule has 7 nitrogen and oxygen atoms in total. The summed E-state index contributed by atoms with van der Waals surface area (Å²) >= 11 is 2.98. The molecule has 0 aliphatic carbocycles. The molecule has 1 aromatic heterocycles. The van der Waals surface area contributed by atoms with Crippen LogP contribution in [0.2, 0.25) is 0 Å². The van der Waals surface area contributed by atoms with E-state index >= 15 is 0 Å². The summed E-state index contributed by atoms with van der Waals surface area (Å²) < 4.78 is 5.11. The summed E-state index contributed by atoms with van der Waals surface area (Å²) in [5, 5.41) is 17.9. The molecule has 3 aromatic rings. The van der Waals surface area contributed by atoms with Crippen LogP contribution >= 0.6 is 23.1 Å². The fourth-order valence-electron chi connectivity index (χ4n) is 2.83. The number of hydrazone groups is 1. The lowest BCUT2D eigenvalue weighted by molar-refractivity contribution is 0.0956. The van der Waals surface area contributed by atoms with Gasteiger partial charge in [-0.3, -0.25) is 9.59 Å². The number of hydrogen-bond acceptors (Lipinski definition) is 7. The van der Waals surface area contributed by atoms with Gasteiger partial charge in [0.1, 0.15) is 10.8 Å². The van der Waals surface area contributed by atoms with Gasteiger partial charge in [0, 0.05) is 17.9 Å². The minimum Gasteiger partial charge on any atom is -0.497 e. The van der Waals surface area contributed by atoms with E-state index in [0.717, 1.165) is 34.8 Å². The van der Waals surface area contributed by atoms with Crippen molar-refractivity contribution >= 4 is 46.1 Å². The first-order valence-corrected chi connectivity index (χ1v) is 12.3. The van der Waals surface area contributed by atoms with E-state index in [1.165, 1.54) is 17.6 Å². The van der Waals surface area contributed by atoms with Crippen molar-refractivity contribution in [2.75, 3.05) is 24.8 Å². The number of methoxy groups -OCH3 is 1. The number of nitrogens with zero attached hydrogens (tertiary/aromatic N) is 1. The van der Waals surface area contributed by atoms with Gasteiger partial charge < -0.3 is 15.2 Å². The van der Waals surface area contributed by atoms with E-state index in [-0.39, 0.29) is 12.5 Å². The number of thioether (sulfide) groups is 1. The van der Waals surface area contributed by atoms with Gasteiger partial charge >= 0.3 is 0 Å². The number of hydrogen-bond donors (Lipinski definition) is 3. The first-order chi connectivity index (χ1) is 16.1. The number of thiophene rings is 1. The highest BCUT2D eigenvalue weighted by molar-refractivity contribution is 7.98. The van der Waals surface area contributed by atoms with Crippen LogP contribution in [0.1, 0.15) is 38.3 Å². The number of anilines is 1. The van der Waals surface area contributed by atoms with Crippen molar-refractivity contribution in [1.82, 2.24) is 5.43 Å². The zero-order valence-corrected chi connectivity index (χ0v) is 19.7. The number of nitrogens with one attached hydrogen (secondary N) is 2. The Morgan fingerprint density at radius 1 is 1.15 bits per heavy atom. The number of carbonyl (C=O) groups is 2. The number of amides is 2. The van der Waals surface area contributed by atoms with Crippen molar-refractivity contribution in [1.29, 1.82) is 0 Å². The Kier molecular flexibility index (Phi) is 9.49. The van der Waals surface area contributed by atoms with Crippen LogP contribution < -0.4 is 15.5 Å². The monoisotopic (exact) mass is 483 g/mol. The van der Waals surface area contributed by atoms with Gasteiger partial charge in [-0.1, -0.05) is 12.1 Å². The largest absolute Gasteiger partial charge is 0.497 e. The van der Waals surface area contributed by atoms with Crippen molar-refractivity contribution in [3.05, 3.63) is 82.2 Å². The second-order valence-corrected chi connectivity index (χ2v) is 8.94. The lowest BCUT2D eigenvalue weighted by Crippen LogP contribution is -2.20. The molecule has 0 saturated heterocycles. The molecule has 33 heavy (non-hydrogen) atoms. The van der Waals surface area contributed by atoms with Gasteiger partial charge in [0.25, 0.3) is 11.8 Å². The molecular formula is C24H25N3O4S2. The Bertz CT molecular complexity index is 1100. The zero-order chi connectivity index (χ0) is 23.5. The minimum absolute atomic E-state index is 0.180. The van der Waals surface area contributed by atoms with E-state index in [2.05, 4.69) is 15.8 Å². The van der Waals surface area contributed by atoms with E-state index in [0.29, 0.717) is 16.1 Å². The molecule has 1 heterocycles. The molecular weight excluding hydrogens is 458 g/mol. The third-order valence-electron chi connectivity index (χ3n) is 4.54. The van der Waals surface area contributed by atoms with E-state index in [9.17, 15) is 9.59 Å². The number of rotatable bonds is 11. The molecule has 3 N–H and O–H groups in total. The Balaban J connectivity index is 1.58. The predicted molar refractivity (Wildman–Crippen MR) is 135 cm³/mol. The van der Waals surface area contributed by atoms with Gasteiger partial charge in [0.15, 0.2) is 0 Å². The van der Waals surface area contributed by atoms with Crippen molar-refractivity contribution < 1.29 is 19.4 Å².